The average Bonchev–Trinajstić information content (AvgIpc) is 3.14. The second-order valence-corrected chi connectivity index (χ2v) is 10.1. The molecular weight excluding hydrogens is 574 g/mol. The minimum Gasteiger partial charge on any atom is -0.488 e. The Hall–Kier alpha value is -3.16. The molecule has 0 radical (unpaired) electrons. The third kappa shape index (κ3) is 4.23. The highest BCUT2D eigenvalue weighted by Gasteiger charge is 2.42. The van der Waals surface area contributed by atoms with Crippen molar-refractivity contribution in [1.29, 1.82) is 0 Å². The van der Waals surface area contributed by atoms with Crippen molar-refractivity contribution in [2.45, 2.75) is 19.4 Å². The number of ketones is 1. The van der Waals surface area contributed by atoms with Gasteiger partial charge < -0.3 is 14.8 Å². The molecule has 1 aliphatic heterocycles. The summed E-state index contributed by atoms with van der Waals surface area (Å²) in [7, 11) is 1.35. The van der Waals surface area contributed by atoms with Crippen molar-refractivity contribution >= 4 is 49.3 Å². The van der Waals surface area contributed by atoms with Crippen molar-refractivity contribution < 1.29 is 19.1 Å². The number of carbonyl (C=O) groups is 2. The molecule has 5 nitrogen and oxygen atoms in total. The Balaban J connectivity index is 1.53. The Kier molecular flexibility index (Phi) is 6.38. The number of esters is 1. The van der Waals surface area contributed by atoms with Crippen LogP contribution in [-0.4, -0.2) is 18.9 Å². The number of nitrogens with one attached hydrogen (secondary N) is 1. The molecule has 35 heavy (non-hydrogen) atoms. The monoisotopic (exact) mass is 593 g/mol. The number of rotatable bonds is 5. The number of hydrogen-bond donors (Lipinski definition) is 1. The molecule has 0 saturated heterocycles. The maximum atomic E-state index is 13.5. The zero-order valence-corrected chi connectivity index (χ0v) is 22.2. The van der Waals surface area contributed by atoms with E-state index in [4.69, 9.17) is 9.47 Å². The molecule has 5 rings (SSSR count). The fraction of sp³-hybridized carbons (Fsp3) is 0.143. The number of dihydropyridines is 1. The van der Waals surface area contributed by atoms with E-state index in [1.54, 1.807) is 0 Å². The van der Waals surface area contributed by atoms with E-state index in [0.717, 1.165) is 31.3 Å². The number of Topliss-reactive ketones (excluding diaryl/α,β-unsaturated/α-hetero) is 1. The first-order valence-corrected chi connectivity index (χ1v) is 12.6. The predicted octanol–water partition coefficient (Wildman–Crippen LogP) is 6.53. The summed E-state index contributed by atoms with van der Waals surface area (Å²) < 4.78 is 12.9. The lowest BCUT2D eigenvalue weighted by Gasteiger charge is -2.29. The van der Waals surface area contributed by atoms with E-state index in [-0.39, 0.29) is 5.78 Å². The van der Waals surface area contributed by atoms with Gasteiger partial charge in [-0.1, -0.05) is 58.4 Å². The molecule has 3 aromatic carbocycles. The van der Waals surface area contributed by atoms with Gasteiger partial charge in [-0.2, -0.15) is 0 Å². The number of benzene rings is 3. The first kappa shape index (κ1) is 23.6. The lowest BCUT2D eigenvalue weighted by Crippen LogP contribution is -2.29. The molecule has 176 valence electrons. The van der Waals surface area contributed by atoms with Crippen LogP contribution < -0.4 is 10.1 Å². The van der Waals surface area contributed by atoms with Crippen LogP contribution in [0.4, 0.5) is 0 Å². The number of ether oxygens (including phenoxy) is 2. The normalized spacial score (nSPS) is 16.6. The Morgan fingerprint density at radius 3 is 2.40 bits per heavy atom. The second kappa shape index (κ2) is 9.47. The number of fused-ring (bicyclic) bond motifs is 2. The van der Waals surface area contributed by atoms with Gasteiger partial charge in [0.05, 0.1) is 22.9 Å². The number of hydrogen-bond acceptors (Lipinski definition) is 5. The van der Waals surface area contributed by atoms with Crippen LogP contribution in [0.5, 0.6) is 5.75 Å². The minimum absolute atomic E-state index is 0.0892. The summed E-state index contributed by atoms with van der Waals surface area (Å²) in [5.74, 6) is -0.465. The van der Waals surface area contributed by atoms with Gasteiger partial charge in [-0.05, 0) is 58.2 Å². The van der Waals surface area contributed by atoms with Gasteiger partial charge in [0.1, 0.15) is 12.4 Å². The Morgan fingerprint density at radius 2 is 1.71 bits per heavy atom. The van der Waals surface area contributed by atoms with Crippen LogP contribution in [0, 0.1) is 0 Å². The van der Waals surface area contributed by atoms with Gasteiger partial charge in [-0.15, -0.1) is 0 Å². The van der Waals surface area contributed by atoms with Crippen molar-refractivity contribution in [2.24, 2.45) is 0 Å². The van der Waals surface area contributed by atoms with Gasteiger partial charge in [0, 0.05) is 32.8 Å². The van der Waals surface area contributed by atoms with Gasteiger partial charge in [-0.25, -0.2) is 4.79 Å². The van der Waals surface area contributed by atoms with Crippen molar-refractivity contribution in [3.63, 3.8) is 0 Å². The van der Waals surface area contributed by atoms with E-state index in [0.29, 0.717) is 34.8 Å². The summed E-state index contributed by atoms with van der Waals surface area (Å²) in [6.45, 7) is 2.24. The van der Waals surface area contributed by atoms with Crippen LogP contribution in [0.25, 0.3) is 5.70 Å². The molecule has 0 saturated carbocycles. The zero-order valence-electron chi connectivity index (χ0n) is 19.0. The Bertz CT molecular complexity index is 1420. The topological polar surface area (TPSA) is 64.6 Å². The van der Waals surface area contributed by atoms with Gasteiger partial charge >= 0.3 is 5.97 Å². The zero-order chi connectivity index (χ0) is 24.7. The molecule has 0 unspecified atom stereocenters. The number of carbonyl (C=O) groups excluding carboxylic acids is 2. The largest absolute Gasteiger partial charge is 0.488 e. The minimum atomic E-state index is -0.574. The molecule has 1 heterocycles. The molecule has 0 spiro atoms. The molecule has 0 bridgehead atoms. The van der Waals surface area contributed by atoms with Crippen LogP contribution in [0.2, 0.25) is 0 Å². The van der Waals surface area contributed by atoms with Crippen molar-refractivity contribution in [3.8, 4) is 5.75 Å². The van der Waals surface area contributed by atoms with E-state index in [2.05, 4.69) is 37.2 Å². The van der Waals surface area contributed by atoms with E-state index in [1.165, 1.54) is 7.11 Å². The molecule has 0 amide bonds. The average molecular weight is 595 g/mol. The fourth-order valence-corrected chi connectivity index (χ4v) is 5.37. The summed E-state index contributed by atoms with van der Waals surface area (Å²) >= 11 is 7.06. The van der Waals surface area contributed by atoms with Crippen molar-refractivity contribution in [2.75, 3.05) is 7.11 Å². The van der Waals surface area contributed by atoms with Gasteiger partial charge in [0.2, 0.25) is 0 Å². The molecule has 7 heteroatoms. The quantitative estimate of drug-likeness (QED) is 0.340. The van der Waals surface area contributed by atoms with Crippen LogP contribution in [0.1, 0.15) is 39.9 Å². The highest BCUT2D eigenvalue weighted by atomic mass is 79.9. The Morgan fingerprint density at radius 1 is 1.00 bits per heavy atom. The molecule has 1 N–H and O–H groups in total. The molecule has 1 aliphatic carbocycles. The maximum Gasteiger partial charge on any atom is 0.336 e. The summed E-state index contributed by atoms with van der Waals surface area (Å²) in [5.41, 5.74) is 5.68. The van der Waals surface area contributed by atoms with E-state index >= 15 is 0 Å². The highest BCUT2D eigenvalue weighted by molar-refractivity contribution is 9.10. The van der Waals surface area contributed by atoms with Crippen LogP contribution in [0.3, 0.4) is 0 Å². The van der Waals surface area contributed by atoms with E-state index < -0.39 is 11.9 Å². The molecule has 0 aromatic heterocycles. The fourth-order valence-electron chi connectivity index (χ4n) is 4.60. The lowest BCUT2D eigenvalue weighted by molar-refractivity contribution is -0.136. The number of allylic oxidation sites excluding steroid dienone is 2. The van der Waals surface area contributed by atoms with Crippen LogP contribution >= 0.6 is 31.9 Å². The first-order chi connectivity index (χ1) is 16.9. The van der Waals surface area contributed by atoms with E-state index in [9.17, 15) is 9.59 Å². The van der Waals surface area contributed by atoms with E-state index in [1.807, 2.05) is 73.7 Å². The molecule has 1 atom stereocenters. The summed E-state index contributed by atoms with van der Waals surface area (Å²) in [6, 6.07) is 21.1. The summed E-state index contributed by atoms with van der Waals surface area (Å²) in [4.78, 5) is 26.4. The maximum absolute atomic E-state index is 13.5. The number of halogens is 2. The third-order valence-electron chi connectivity index (χ3n) is 6.25. The molecule has 2 aliphatic rings. The van der Waals surface area contributed by atoms with Crippen LogP contribution in [-0.2, 0) is 16.1 Å². The van der Waals surface area contributed by atoms with Gasteiger partial charge in [0.15, 0.2) is 5.78 Å². The summed E-state index contributed by atoms with van der Waals surface area (Å²) in [5, 5.41) is 3.30. The Labute approximate surface area is 220 Å². The molecular formula is C28H21Br2NO4. The SMILES string of the molecule is COC(=O)C1=C(C)NC2=C(C(=O)c3ccccc32)[C@H]1c1ccc(OCc2ccc(Br)cc2)c(Br)c1. The predicted molar refractivity (Wildman–Crippen MR) is 141 cm³/mol. The number of methoxy groups -OCH3 is 1. The highest BCUT2D eigenvalue weighted by Crippen LogP contribution is 2.47. The van der Waals surface area contributed by atoms with Gasteiger partial charge in [-0.3, -0.25) is 4.79 Å². The first-order valence-electron chi connectivity index (χ1n) is 11.0. The van der Waals surface area contributed by atoms with Crippen LogP contribution in [0.15, 0.2) is 92.5 Å². The molecule has 0 fully saturated rings. The third-order valence-corrected chi connectivity index (χ3v) is 7.40. The standard InChI is InChI=1S/C28H21Br2NO4/c1-15-23(28(33)34-2)24(25-26(31-15)19-5-3-4-6-20(19)27(25)32)17-9-12-22(21(30)13-17)35-14-16-7-10-18(29)11-8-16/h3-13,24,31H,14H2,1-2H3/t24-/m0/s1. The van der Waals surface area contributed by atoms with Crippen molar-refractivity contribution in [3.05, 3.63) is 115 Å². The van der Waals surface area contributed by atoms with Gasteiger partial charge in [0.25, 0.3) is 0 Å². The molecule has 3 aromatic rings. The smallest absolute Gasteiger partial charge is 0.336 e. The van der Waals surface area contributed by atoms with Crippen molar-refractivity contribution in [1.82, 2.24) is 5.32 Å². The summed E-state index contributed by atoms with van der Waals surface area (Å²) in [6.07, 6.45) is 0. The second-order valence-electron chi connectivity index (χ2n) is 8.36. The lowest BCUT2D eigenvalue weighted by atomic mass is 9.80.